The van der Waals surface area contributed by atoms with E-state index in [1.54, 1.807) is 0 Å². The minimum Gasteiger partial charge on any atom is -0.481 e. The van der Waals surface area contributed by atoms with Gasteiger partial charge in [0, 0.05) is 6.42 Å². The van der Waals surface area contributed by atoms with Gasteiger partial charge in [0.25, 0.3) is 0 Å². The molecule has 0 amide bonds. The van der Waals surface area contributed by atoms with E-state index in [4.69, 9.17) is 5.11 Å². The fourth-order valence-electron chi connectivity index (χ4n) is 5.06. The maximum absolute atomic E-state index is 12.3. The van der Waals surface area contributed by atoms with Gasteiger partial charge in [0.2, 0.25) is 0 Å². The van der Waals surface area contributed by atoms with Crippen LogP contribution < -0.4 is 0 Å². The first-order valence-corrected chi connectivity index (χ1v) is 12.3. The van der Waals surface area contributed by atoms with Crippen molar-refractivity contribution in [3.8, 4) is 0 Å². The molecule has 29 heavy (non-hydrogen) atoms. The van der Waals surface area contributed by atoms with E-state index in [0.29, 0.717) is 12.3 Å². The van der Waals surface area contributed by atoms with Gasteiger partial charge >= 0.3 is 11.9 Å². The zero-order valence-corrected chi connectivity index (χ0v) is 19.7. The molecule has 1 unspecified atom stereocenters. The Kier molecular flexibility index (Phi) is 16.1. The van der Waals surface area contributed by atoms with Crippen LogP contribution in [0.15, 0.2) is 0 Å². The molecule has 0 spiro atoms. The zero-order valence-electron chi connectivity index (χ0n) is 19.7. The summed E-state index contributed by atoms with van der Waals surface area (Å²) in [5, 5.41) is 18.7. The van der Waals surface area contributed by atoms with Crippen LogP contribution in [0, 0.1) is 17.3 Å². The van der Waals surface area contributed by atoms with Gasteiger partial charge in [0.1, 0.15) is 0 Å². The van der Waals surface area contributed by atoms with Gasteiger partial charge in [-0.1, -0.05) is 98.3 Å². The molecule has 0 aromatic carbocycles. The van der Waals surface area contributed by atoms with Crippen LogP contribution in [0.3, 0.4) is 0 Å². The summed E-state index contributed by atoms with van der Waals surface area (Å²) in [6, 6.07) is 0. The fourth-order valence-corrected chi connectivity index (χ4v) is 5.06. The van der Waals surface area contributed by atoms with E-state index in [9.17, 15) is 14.7 Å². The molecule has 0 saturated heterocycles. The first-order valence-electron chi connectivity index (χ1n) is 12.3. The summed E-state index contributed by atoms with van der Waals surface area (Å²) < 4.78 is 0. The van der Waals surface area contributed by atoms with Gasteiger partial charge in [-0.25, -0.2) is 0 Å². The van der Waals surface area contributed by atoms with Gasteiger partial charge in [-0.15, -0.1) is 0 Å². The summed E-state index contributed by atoms with van der Waals surface area (Å²) >= 11 is 0. The van der Waals surface area contributed by atoms with Gasteiger partial charge in [-0.05, 0) is 37.5 Å². The topological polar surface area (TPSA) is 74.6 Å². The summed E-state index contributed by atoms with van der Waals surface area (Å²) in [5.74, 6) is -0.589. The highest BCUT2D eigenvalue weighted by atomic mass is 16.4. The van der Waals surface area contributed by atoms with Gasteiger partial charge in [-0.3, -0.25) is 9.59 Å². The number of carboxylic acid groups (broad SMARTS) is 2. The third-order valence-corrected chi connectivity index (χ3v) is 6.49. The second kappa shape index (κ2) is 16.7. The molecular formula is C25H48O4. The largest absolute Gasteiger partial charge is 0.481 e. The van der Waals surface area contributed by atoms with E-state index < -0.39 is 17.4 Å². The molecule has 0 bridgehead atoms. The monoisotopic (exact) mass is 412 g/mol. The predicted molar refractivity (Wildman–Crippen MR) is 121 cm³/mol. The first-order chi connectivity index (χ1) is 13.8. The van der Waals surface area contributed by atoms with Crippen LogP contribution in [0.25, 0.3) is 0 Å². The molecule has 172 valence electrons. The SMILES string of the molecule is CCCC(CCC)(C(=O)O)C(CCCCCCCCCCCCC(=O)O)C(C)C. The summed E-state index contributed by atoms with van der Waals surface area (Å²) in [6.07, 6.45) is 16.4. The Morgan fingerprint density at radius 2 is 1.14 bits per heavy atom. The first kappa shape index (κ1) is 27.9. The van der Waals surface area contributed by atoms with Crippen LogP contribution in [-0.2, 0) is 9.59 Å². The van der Waals surface area contributed by atoms with Crippen molar-refractivity contribution in [2.45, 2.75) is 130 Å². The molecule has 4 heteroatoms. The van der Waals surface area contributed by atoms with Crippen molar-refractivity contribution >= 4 is 11.9 Å². The molecule has 0 aromatic rings. The van der Waals surface area contributed by atoms with Crippen molar-refractivity contribution in [3.63, 3.8) is 0 Å². The van der Waals surface area contributed by atoms with Crippen LogP contribution in [0.5, 0.6) is 0 Å². The molecule has 0 radical (unpaired) electrons. The number of hydrogen-bond donors (Lipinski definition) is 2. The molecular weight excluding hydrogens is 364 g/mol. The zero-order chi connectivity index (χ0) is 22.1. The standard InChI is InChI=1S/C25H48O4/c1-5-19-25(20-6-2,24(28)29)22(21(3)4)17-15-13-11-9-7-8-10-12-14-16-18-23(26)27/h21-22H,5-20H2,1-4H3,(H,26,27)(H,28,29). The van der Waals surface area contributed by atoms with Crippen LogP contribution in [0.4, 0.5) is 0 Å². The molecule has 2 N–H and O–H groups in total. The lowest BCUT2D eigenvalue weighted by Crippen LogP contribution is -2.41. The number of aliphatic carboxylic acids is 2. The number of carboxylic acids is 2. The van der Waals surface area contributed by atoms with Crippen molar-refractivity contribution in [3.05, 3.63) is 0 Å². The second-order valence-electron chi connectivity index (χ2n) is 9.28. The van der Waals surface area contributed by atoms with Gasteiger partial charge in [-0.2, -0.15) is 0 Å². The van der Waals surface area contributed by atoms with Crippen LogP contribution in [0.1, 0.15) is 130 Å². The highest BCUT2D eigenvalue weighted by Gasteiger charge is 2.44. The molecule has 0 aliphatic heterocycles. The third-order valence-electron chi connectivity index (χ3n) is 6.49. The predicted octanol–water partition coefficient (Wildman–Crippen LogP) is 7.70. The highest BCUT2D eigenvalue weighted by Crippen LogP contribution is 2.44. The quantitative estimate of drug-likeness (QED) is 0.201. The smallest absolute Gasteiger partial charge is 0.309 e. The summed E-state index contributed by atoms with van der Waals surface area (Å²) in [7, 11) is 0. The molecule has 0 fully saturated rings. The van der Waals surface area contributed by atoms with E-state index in [1.165, 1.54) is 38.5 Å². The lowest BCUT2D eigenvalue weighted by molar-refractivity contribution is -0.156. The average molecular weight is 413 g/mol. The van der Waals surface area contributed by atoms with Crippen molar-refractivity contribution in [2.24, 2.45) is 17.3 Å². The Balaban J connectivity index is 4.14. The number of unbranched alkanes of at least 4 members (excludes halogenated alkanes) is 9. The second-order valence-corrected chi connectivity index (χ2v) is 9.28. The maximum Gasteiger partial charge on any atom is 0.309 e. The van der Waals surface area contributed by atoms with E-state index in [-0.39, 0.29) is 5.92 Å². The molecule has 0 aliphatic carbocycles. The number of hydrogen-bond acceptors (Lipinski definition) is 2. The Morgan fingerprint density at radius 3 is 1.48 bits per heavy atom. The molecule has 0 heterocycles. The fraction of sp³-hybridized carbons (Fsp3) is 0.920. The molecule has 4 nitrogen and oxygen atoms in total. The van der Waals surface area contributed by atoms with Crippen LogP contribution >= 0.6 is 0 Å². The van der Waals surface area contributed by atoms with E-state index >= 15 is 0 Å². The van der Waals surface area contributed by atoms with Gasteiger partial charge < -0.3 is 10.2 Å². The van der Waals surface area contributed by atoms with E-state index in [0.717, 1.165) is 57.8 Å². The summed E-state index contributed by atoms with van der Waals surface area (Å²) in [4.78, 5) is 22.7. The Labute approximate surface area is 179 Å². The minimum atomic E-state index is -0.685. The lowest BCUT2D eigenvalue weighted by Gasteiger charge is -2.40. The summed E-state index contributed by atoms with van der Waals surface area (Å²) in [6.45, 7) is 8.61. The van der Waals surface area contributed by atoms with Crippen molar-refractivity contribution < 1.29 is 19.8 Å². The minimum absolute atomic E-state index is 0.269. The Hall–Kier alpha value is -1.06. The van der Waals surface area contributed by atoms with Gasteiger partial charge in [0.05, 0.1) is 5.41 Å². The van der Waals surface area contributed by atoms with Crippen molar-refractivity contribution in [1.29, 1.82) is 0 Å². The van der Waals surface area contributed by atoms with Crippen molar-refractivity contribution in [1.82, 2.24) is 0 Å². The van der Waals surface area contributed by atoms with Gasteiger partial charge in [0.15, 0.2) is 0 Å². The highest BCUT2D eigenvalue weighted by molar-refractivity contribution is 5.75. The average Bonchev–Trinajstić information content (AvgIpc) is 2.64. The Bertz CT molecular complexity index is 425. The Morgan fingerprint density at radius 1 is 0.724 bits per heavy atom. The number of rotatable bonds is 20. The lowest BCUT2D eigenvalue weighted by atomic mass is 9.63. The molecule has 0 saturated carbocycles. The van der Waals surface area contributed by atoms with E-state index in [2.05, 4.69) is 27.7 Å². The summed E-state index contributed by atoms with van der Waals surface area (Å²) in [5.41, 5.74) is -0.543. The third kappa shape index (κ3) is 11.6. The van der Waals surface area contributed by atoms with E-state index in [1.807, 2.05) is 0 Å². The molecule has 1 atom stereocenters. The molecule has 0 aliphatic rings. The normalized spacial score (nSPS) is 13.0. The van der Waals surface area contributed by atoms with Crippen LogP contribution in [-0.4, -0.2) is 22.2 Å². The number of carbonyl (C=O) groups is 2. The molecule has 0 aromatic heterocycles. The molecule has 0 rings (SSSR count). The van der Waals surface area contributed by atoms with Crippen LogP contribution in [0.2, 0.25) is 0 Å². The maximum atomic E-state index is 12.3. The van der Waals surface area contributed by atoms with Crippen molar-refractivity contribution in [2.75, 3.05) is 0 Å².